The molecule has 0 saturated carbocycles. The first-order valence-corrected chi connectivity index (χ1v) is 9.95. The second kappa shape index (κ2) is 8.83. The molecule has 1 saturated heterocycles. The number of piperidine rings is 1. The van der Waals surface area contributed by atoms with Crippen molar-refractivity contribution in [1.29, 1.82) is 5.26 Å². The Hall–Kier alpha value is -3.93. The molecule has 1 atom stereocenters. The Labute approximate surface area is 179 Å². The van der Waals surface area contributed by atoms with Crippen LogP contribution < -0.4 is 9.47 Å². The second-order valence-corrected chi connectivity index (χ2v) is 7.19. The van der Waals surface area contributed by atoms with E-state index in [0.717, 1.165) is 18.4 Å². The molecular formula is C22H22N6O3. The van der Waals surface area contributed by atoms with Crippen molar-refractivity contribution in [1.82, 2.24) is 24.6 Å². The van der Waals surface area contributed by atoms with Crippen molar-refractivity contribution >= 4 is 5.91 Å². The number of nitrogens with zero attached hydrogens (tertiary/aromatic N) is 6. The van der Waals surface area contributed by atoms with Crippen molar-refractivity contribution < 1.29 is 14.3 Å². The van der Waals surface area contributed by atoms with Crippen molar-refractivity contribution in [2.45, 2.75) is 18.9 Å². The third-order valence-corrected chi connectivity index (χ3v) is 5.20. The molecule has 1 aliphatic heterocycles. The van der Waals surface area contributed by atoms with Gasteiger partial charge < -0.3 is 14.4 Å². The van der Waals surface area contributed by atoms with E-state index in [0.29, 0.717) is 30.2 Å². The van der Waals surface area contributed by atoms with Crippen LogP contribution in [0.25, 0.3) is 11.3 Å². The number of carbonyl (C=O) groups excluding carboxylic acids is 1. The van der Waals surface area contributed by atoms with Crippen molar-refractivity contribution in [2.75, 3.05) is 20.2 Å². The minimum absolute atomic E-state index is 0.121. The maximum atomic E-state index is 13.2. The molecule has 2 aromatic heterocycles. The number of para-hydroxylation sites is 1. The number of carbonyl (C=O) groups is 1. The standard InChI is InChI=1S/C22H22N6O3/c1-27-19(12-17(26-27)16-7-3-4-8-20(16)30-2)22(29)28-11-5-6-15(14-28)31-21-18(13-23)24-9-10-25-21/h3-4,7-10,12,15H,5-6,11,14H2,1-2H3. The fourth-order valence-electron chi connectivity index (χ4n) is 3.68. The highest BCUT2D eigenvalue weighted by molar-refractivity contribution is 5.94. The summed E-state index contributed by atoms with van der Waals surface area (Å²) in [6.07, 6.45) is 4.23. The Kier molecular flexibility index (Phi) is 5.80. The summed E-state index contributed by atoms with van der Waals surface area (Å²) in [5, 5.41) is 13.7. The number of hydrogen-bond donors (Lipinski definition) is 0. The number of aryl methyl sites for hydroxylation is 1. The monoisotopic (exact) mass is 418 g/mol. The third-order valence-electron chi connectivity index (χ3n) is 5.20. The maximum Gasteiger partial charge on any atom is 0.272 e. The Bertz CT molecular complexity index is 1140. The summed E-state index contributed by atoms with van der Waals surface area (Å²) in [7, 11) is 3.36. The predicted octanol–water partition coefficient (Wildman–Crippen LogP) is 2.44. The van der Waals surface area contributed by atoms with Crippen LogP contribution in [0.4, 0.5) is 0 Å². The van der Waals surface area contributed by atoms with Crippen molar-refractivity contribution in [3.05, 3.63) is 54.1 Å². The lowest BCUT2D eigenvalue weighted by Gasteiger charge is -2.32. The number of aromatic nitrogens is 4. The maximum absolute atomic E-state index is 13.2. The Balaban J connectivity index is 1.52. The summed E-state index contributed by atoms with van der Waals surface area (Å²) in [5.41, 5.74) is 2.12. The van der Waals surface area contributed by atoms with E-state index in [2.05, 4.69) is 15.1 Å². The Morgan fingerprint density at radius 3 is 2.87 bits per heavy atom. The van der Waals surface area contributed by atoms with Crippen LogP contribution in [-0.2, 0) is 7.05 Å². The van der Waals surface area contributed by atoms with Crippen LogP contribution >= 0.6 is 0 Å². The molecule has 4 rings (SSSR count). The zero-order chi connectivity index (χ0) is 21.8. The molecule has 158 valence electrons. The summed E-state index contributed by atoms with van der Waals surface area (Å²) >= 11 is 0. The van der Waals surface area contributed by atoms with Crippen LogP contribution in [-0.4, -0.2) is 56.9 Å². The number of rotatable bonds is 5. The van der Waals surface area contributed by atoms with Crippen molar-refractivity contribution in [3.63, 3.8) is 0 Å². The molecule has 9 heteroatoms. The van der Waals surface area contributed by atoms with Gasteiger partial charge in [-0.05, 0) is 31.0 Å². The summed E-state index contributed by atoms with van der Waals surface area (Å²) < 4.78 is 12.9. The first kappa shape index (κ1) is 20.3. The lowest BCUT2D eigenvalue weighted by molar-refractivity contribution is 0.0516. The molecule has 0 N–H and O–H groups in total. The average molecular weight is 418 g/mol. The zero-order valence-corrected chi connectivity index (χ0v) is 17.4. The number of methoxy groups -OCH3 is 1. The first-order chi connectivity index (χ1) is 15.1. The lowest BCUT2D eigenvalue weighted by Crippen LogP contribution is -2.45. The largest absolute Gasteiger partial charge is 0.496 e. The number of ether oxygens (including phenoxy) is 2. The van der Waals surface area contributed by atoms with E-state index in [9.17, 15) is 10.1 Å². The Morgan fingerprint density at radius 2 is 2.06 bits per heavy atom. The number of hydrogen-bond acceptors (Lipinski definition) is 7. The van der Waals surface area contributed by atoms with Crippen LogP contribution in [0, 0.1) is 11.3 Å². The van der Waals surface area contributed by atoms with Gasteiger partial charge in [0.15, 0.2) is 0 Å². The number of nitriles is 1. The van der Waals surface area contributed by atoms with E-state index in [-0.39, 0.29) is 23.6 Å². The molecule has 1 aliphatic rings. The average Bonchev–Trinajstić information content (AvgIpc) is 3.20. The molecule has 9 nitrogen and oxygen atoms in total. The summed E-state index contributed by atoms with van der Waals surface area (Å²) in [6.45, 7) is 1.02. The van der Waals surface area contributed by atoms with Crippen LogP contribution in [0.1, 0.15) is 29.0 Å². The third kappa shape index (κ3) is 4.19. The van der Waals surface area contributed by atoms with Gasteiger partial charge in [0.25, 0.3) is 11.8 Å². The quantitative estimate of drug-likeness (QED) is 0.626. The highest BCUT2D eigenvalue weighted by Gasteiger charge is 2.29. The minimum Gasteiger partial charge on any atom is -0.496 e. The van der Waals surface area contributed by atoms with E-state index < -0.39 is 0 Å². The SMILES string of the molecule is COc1ccccc1-c1cc(C(=O)N2CCCC(Oc3nccnc3C#N)C2)n(C)n1. The lowest BCUT2D eigenvalue weighted by atomic mass is 10.1. The van der Waals surface area contributed by atoms with E-state index >= 15 is 0 Å². The van der Waals surface area contributed by atoms with Gasteiger partial charge in [-0.1, -0.05) is 12.1 Å². The molecular weight excluding hydrogens is 396 g/mol. The summed E-state index contributed by atoms with van der Waals surface area (Å²) in [6, 6.07) is 11.3. The molecule has 0 radical (unpaired) electrons. The van der Waals surface area contributed by atoms with Gasteiger partial charge in [0.2, 0.25) is 5.69 Å². The molecule has 1 unspecified atom stereocenters. The van der Waals surface area contributed by atoms with Gasteiger partial charge in [-0.3, -0.25) is 9.48 Å². The van der Waals surface area contributed by atoms with Gasteiger partial charge in [-0.2, -0.15) is 10.4 Å². The van der Waals surface area contributed by atoms with Crippen LogP contribution in [0.15, 0.2) is 42.7 Å². The zero-order valence-electron chi connectivity index (χ0n) is 17.4. The van der Waals surface area contributed by atoms with Gasteiger partial charge >= 0.3 is 0 Å². The normalized spacial score (nSPS) is 15.9. The van der Waals surface area contributed by atoms with Gasteiger partial charge in [-0.25, -0.2) is 9.97 Å². The summed E-state index contributed by atoms with van der Waals surface area (Å²) in [4.78, 5) is 23.1. The van der Waals surface area contributed by atoms with E-state index in [1.54, 1.807) is 29.8 Å². The highest BCUT2D eigenvalue weighted by atomic mass is 16.5. The fourth-order valence-corrected chi connectivity index (χ4v) is 3.68. The number of likely N-dealkylation sites (tertiary alicyclic amines) is 1. The topological polar surface area (TPSA) is 106 Å². The fraction of sp³-hybridized carbons (Fsp3) is 0.318. The van der Waals surface area contributed by atoms with Crippen LogP contribution in [0.5, 0.6) is 11.6 Å². The molecule has 1 fully saturated rings. The molecule has 0 bridgehead atoms. The molecule has 3 heterocycles. The number of amides is 1. The van der Waals surface area contributed by atoms with Crippen LogP contribution in [0.2, 0.25) is 0 Å². The van der Waals surface area contributed by atoms with Gasteiger partial charge in [-0.15, -0.1) is 0 Å². The highest BCUT2D eigenvalue weighted by Crippen LogP contribution is 2.29. The summed E-state index contributed by atoms with van der Waals surface area (Å²) in [5.74, 6) is 0.774. The number of benzene rings is 1. The van der Waals surface area contributed by atoms with E-state index in [4.69, 9.17) is 9.47 Å². The Morgan fingerprint density at radius 1 is 1.26 bits per heavy atom. The van der Waals surface area contributed by atoms with Crippen LogP contribution in [0.3, 0.4) is 0 Å². The van der Waals surface area contributed by atoms with Crippen molar-refractivity contribution in [3.8, 4) is 29.0 Å². The molecule has 3 aromatic rings. The second-order valence-electron chi connectivity index (χ2n) is 7.19. The van der Waals surface area contributed by atoms with Crippen molar-refractivity contribution in [2.24, 2.45) is 7.05 Å². The molecule has 31 heavy (non-hydrogen) atoms. The van der Waals surface area contributed by atoms with E-state index in [1.165, 1.54) is 12.4 Å². The minimum atomic E-state index is -0.261. The smallest absolute Gasteiger partial charge is 0.272 e. The first-order valence-electron chi connectivity index (χ1n) is 9.95. The molecule has 1 aromatic carbocycles. The van der Waals surface area contributed by atoms with E-state index in [1.807, 2.05) is 30.3 Å². The molecule has 1 amide bonds. The molecule has 0 spiro atoms. The molecule has 0 aliphatic carbocycles. The van der Waals surface area contributed by atoms with Gasteiger partial charge in [0.1, 0.15) is 23.6 Å². The van der Waals surface area contributed by atoms with Gasteiger partial charge in [0, 0.05) is 31.5 Å². The predicted molar refractivity (Wildman–Crippen MR) is 111 cm³/mol. The van der Waals surface area contributed by atoms with Gasteiger partial charge in [0.05, 0.1) is 19.3 Å².